The van der Waals surface area contributed by atoms with Gasteiger partial charge in [0.15, 0.2) is 0 Å². The second kappa shape index (κ2) is 6.36. The molecule has 1 rings (SSSR count). The molecule has 0 unspecified atom stereocenters. The Morgan fingerprint density at radius 2 is 2.18 bits per heavy atom. The lowest BCUT2D eigenvalue weighted by Crippen LogP contribution is -2.41. The molecule has 4 N–H and O–H groups in total. The number of halogens is 1. The van der Waals surface area contributed by atoms with Crippen molar-refractivity contribution >= 4 is 27.9 Å². The summed E-state index contributed by atoms with van der Waals surface area (Å²) in [5.41, 5.74) is 5.87. The highest BCUT2D eigenvalue weighted by molar-refractivity contribution is 9.10. The molecule has 0 aliphatic carbocycles. The number of hydrogen-bond acceptors (Lipinski definition) is 3. The maximum atomic E-state index is 11.2. The van der Waals surface area contributed by atoms with Gasteiger partial charge >= 0.3 is 6.03 Å². The van der Waals surface area contributed by atoms with Crippen LogP contribution in [0.15, 0.2) is 28.7 Å². The summed E-state index contributed by atoms with van der Waals surface area (Å²) in [5.74, 6) is -0.445. The van der Waals surface area contributed by atoms with Gasteiger partial charge in [0.2, 0.25) is 5.91 Å². The van der Waals surface area contributed by atoms with Crippen molar-refractivity contribution in [2.45, 2.75) is 13.0 Å². The monoisotopic (exact) mass is 299 g/mol. The number of hydrogen-bond donors (Lipinski definition) is 3. The van der Waals surface area contributed by atoms with Gasteiger partial charge in [-0.15, -0.1) is 0 Å². The van der Waals surface area contributed by atoms with Gasteiger partial charge in [-0.1, -0.05) is 28.1 Å². The van der Waals surface area contributed by atoms with Crippen molar-refractivity contribution < 1.29 is 9.59 Å². The predicted molar refractivity (Wildman–Crippen MR) is 68.3 cm³/mol. The van der Waals surface area contributed by atoms with Crippen LogP contribution in [-0.4, -0.2) is 18.5 Å². The standard InChI is InChI=1S/C11H14BrN3O2/c1-7(8-3-2-4-9(12)5-8)14-6-10(16)15-11(13)17/h2-5,7,14H,6H2,1H3,(H3,13,15,16,17)/t7-/m1/s1. The van der Waals surface area contributed by atoms with Crippen LogP contribution in [0.25, 0.3) is 0 Å². The van der Waals surface area contributed by atoms with Crippen LogP contribution < -0.4 is 16.4 Å². The molecule has 0 saturated heterocycles. The molecule has 0 bridgehead atoms. The van der Waals surface area contributed by atoms with E-state index in [0.29, 0.717) is 0 Å². The minimum Gasteiger partial charge on any atom is -0.351 e. The molecule has 5 nitrogen and oxygen atoms in total. The van der Waals surface area contributed by atoms with Crippen molar-refractivity contribution in [3.63, 3.8) is 0 Å². The molecule has 0 aliphatic rings. The van der Waals surface area contributed by atoms with Gasteiger partial charge in [-0.2, -0.15) is 0 Å². The van der Waals surface area contributed by atoms with E-state index < -0.39 is 11.9 Å². The first-order chi connectivity index (χ1) is 7.99. The minimum atomic E-state index is -0.841. The summed E-state index contributed by atoms with van der Waals surface area (Å²) in [5, 5.41) is 4.98. The molecule has 0 radical (unpaired) electrons. The van der Waals surface area contributed by atoms with Crippen LogP contribution in [0.5, 0.6) is 0 Å². The van der Waals surface area contributed by atoms with Gasteiger partial charge in [-0.3, -0.25) is 10.1 Å². The Bertz CT molecular complexity index is 423. The van der Waals surface area contributed by atoms with Crippen molar-refractivity contribution in [1.82, 2.24) is 10.6 Å². The third-order valence-electron chi connectivity index (χ3n) is 2.18. The fourth-order valence-electron chi connectivity index (χ4n) is 1.32. The normalized spacial score (nSPS) is 11.9. The Morgan fingerprint density at radius 1 is 1.47 bits per heavy atom. The van der Waals surface area contributed by atoms with Crippen molar-refractivity contribution in [1.29, 1.82) is 0 Å². The lowest BCUT2D eigenvalue weighted by molar-refractivity contribution is -0.119. The lowest BCUT2D eigenvalue weighted by Gasteiger charge is -2.13. The molecule has 0 aliphatic heterocycles. The van der Waals surface area contributed by atoms with E-state index in [1.807, 2.05) is 36.5 Å². The van der Waals surface area contributed by atoms with Crippen LogP contribution in [0, 0.1) is 0 Å². The number of rotatable bonds is 4. The van der Waals surface area contributed by atoms with E-state index in [-0.39, 0.29) is 12.6 Å². The number of benzene rings is 1. The van der Waals surface area contributed by atoms with Crippen molar-refractivity contribution in [3.05, 3.63) is 34.3 Å². The Morgan fingerprint density at radius 3 is 2.76 bits per heavy atom. The van der Waals surface area contributed by atoms with Gasteiger partial charge in [-0.05, 0) is 24.6 Å². The fourth-order valence-corrected chi connectivity index (χ4v) is 1.74. The second-order valence-corrected chi connectivity index (χ2v) is 4.49. The summed E-state index contributed by atoms with van der Waals surface area (Å²) in [7, 11) is 0. The van der Waals surface area contributed by atoms with Crippen LogP contribution in [0.1, 0.15) is 18.5 Å². The predicted octanol–water partition coefficient (Wildman–Crippen LogP) is 1.29. The number of primary amides is 1. The average molecular weight is 300 g/mol. The molecule has 3 amide bonds. The average Bonchev–Trinajstić information content (AvgIpc) is 2.25. The molecule has 1 aromatic carbocycles. The first-order valence-corrected chi connectivity index (χ1v) is 5.86. The Balaban J connectivity index is 2.47. The molecule has 0 fully saturated rings. The second-order valence-electron chi connectivity index (χ2n) is 3.57. The van der Waals surface area contributed by atoms with Crippen LogP contribution in [-0.2, 0) is 4.79 Å². The molecule has 1 atom stereocenters. The van der Waals surface area contributed by atoms with Crippen LogP contribution in [0.3, 0.4) is 0 Å². The summed E-state index contributed by atoms with van der Waals surface area (Å²) in [6.07, 6.45) is 0. The smallest absolute Gasteiger partial charge is 0.318 e. The van der Waals surface area contributed by atoms with E-state index in [9.17, 15) is 9.59 Å². The molecule has 0 spiro atoms. The fraction of sp³-hybridized carbons (Fsp3) is 0.273. The summed E-state index contributed by atoms with van der Waals surface area (Å²) < 4.78 is 0.977. The summed E-state index contributed by atoms with van der Waals surface area (Å²) >= 11 is 3.37. The Labute approximate surface area is 108 Å². The zero-order valence-corrected chi connectivity index (χ0v) is 11.0. The summed E-state index contributed by atoms with van der Waals surface area (Å²) in [4.78, 5) is 21.6. The number of urea groups is 1. The molecular formula is C11H14BrN3O2. The summed E-state index contributed by atoms with van der Waals surface area (Å²) in [6, 6.07) is 6.92. The van der Waals surface area contributed by atoms with Crippen molar-refractivity contribution in [3.8, 4) is 0 Å². The molecular weight excluding hydrogens is 286 g/mol. The van der Waals surface area contributed by atoms with Crippen molar-refractivity contribution in [2.75, 3.05) is 6.54 Å². The van der Waals surface area contributed by atoms with E-state index in [1.54, 1.807) is 0 Å². The van der Waals surface area contributed by atoms with Gasteiger partial charge in [0.25, 0.3) is 0 Å². The number of nitrogens with two attached hydrogens (primary N) is 1. The number of carbonyl (C=O) groups is 2. The highest BCUT2D eigenvalue weighted by Crippen LogP contribution is 2.17. The van der Waals surface area contributed by atoms with Gasteiger partial charge < -0.3 is 11.1 Å². The molecule has 1 aromatic rings. The van der Waals surface area contributed by atoms with Crippen LogP contribution in [0.4, 0.5) is 4.79 Å². The Kier molecular flexibility index (Phi) is 5.11. The maximum Gasteiger partial charge on any atom is 0.318 e. The first kappa shape index (κ1) is 13.7. The lowest BCUT2D eigenvalue weighted by atomic mass is 10.1. The van der Waals surface area contributed by atoms with E-state index >= 15 is 0 Å². The highest BCUT2D eigenvalue weighted by atomic mass is 79.9. The van der Waals surface area contributed by atoms with Gasteiger partial charge in [0.1, 0.15) is 0 Å². The molecule has 0 saturated carbocycles. The number of amides is 3. The SMILES string of the molecule is C[C@@H](NCC(=O)NC(N)=O)c1cccc(Br)c1. The minimum absolute atomic E-state index is 0.00567. The van der Waals surface area contributed by atoms with Gasteiger partial charge in [-0.25, -0.2) is 4.79 Å². The number of carbonyl (C=O) groups excluding carboxylic acids is 2. The molecule has 17 heavy (non-hydrogen) atoms. The maximum absolute atomic E-state index is 11.2. The molecule has 0 heterocycles. The quantitative estimate of drug-likeness (QED) is 0.783. The highest BCUT2D eigenvalue weighted by Gasteiger charge is 2.08. The third-order valence-corrected chi connectivity index (χ3v) is 2.67. The van der Waals surface area contributed by atoms with Gasteiger partial charge in [0, 0.05) is 10.5 Å². The topological polar surface area (TPSA) is 84.2 Å². The van der Waals surface area contributed by atoms with E-state index in [1.165, 1.54) is 0 Å². The third kappa shape index (κ3) is 4.97. The zero-order valence-electron chi connectivity index (χ0n) is 9.37. The molecule has 0 aromatic heterocycles. The summed E-state index contributed by atoms with van der Waals surface area (Å²) in [6.45, 7) is 1.97. The number of nitrogens with one attached hydrogen (secondary N) is 2. The van der Waals surface area contributed by atoms with Crippen molar-refractivity contribution in [2.24, 2.45) is 5.73 Å². The van der Waals surface area contributed by atoms with E-state index in [0.717, 1.165) is 10.0 Å². The Hall–Kier alpha value is -1.40. The van der Waals surface area contributed by atoms with Crippen LogP contribution >= 0.6 is 15.9 Å². The van der Waals surface area contributed by atoms with Crippen LogP contribution in [0.2, 0.25) is 0 Å². The van der Waals surface area contributed by atoms with Gasteiger partial charge in [0.05, 0.1) is 6.54 Å². The number of imide groups is 1. The molecule has 6 heteroatoms. The zero-order chi connectivity index (χ0) is 12.8. The largest absolute Gasteiger partial charge is 0.351 e. The van der Waals surface area contributed by atoms with E-state index in [2.05, 4.69) is 21.2 Å². The van der Waals surface area contributed by atoms with E-state index in [4.69, 9.17) is 5.73 Å². The molecule has 92 valence electrons. The first-order valence-electron chi connectivity index (χ1n) is 5.07.